The molecule has 1 aromatic heterocycles. The van der Waals surface area contributed by atoms with Gasteiger partial charge in [0.05, 0.1) is 25.7 Å². The first kappa shape index (κ1) is 13.2. The maximum absolute atomic E-state index is 12.2. The summed E-state index contributed by atoms with van der Waals surface area (Å²) >= 11 is 5.75. The summed E-state index contributed by atoms with van der Waals surface area (Å²) in [5.74, 6) is 0.822. The van der Waals surface area contributed by atoms with Gasteiger partial charge in [-0.15, -0.1) is 11.6 Å². The average Bonchev–Trinajstić information content (AvgIpc) is 2.79. The van der Waals surface area contributed by atoms with Gasteiger partial charge in [0.15, 0.2) is 5.69 Å². The van der Waals surface area contributed by atoms with Crippen molar-refractivity contribution in [1.82, 2.24) is 14.7 Å². The molecule has 0 bridgehead atoms. The highest BCUT2D eigenvalue weighted by atomic mass is 35.5. The van der Waals surface area contributed by atoms with Gasteiger partial charge in [-0.25, -0.2) is 4.68 Å². The molecule has 1 aromatic rings. The van der Waals surface area contributed by atoms with Crippen molar-refractivity contribution in [2.24, 2.45) is 7.05 Å². The summed E-state index contributed by atoms with van der Waals surface area (Å²) in [6, 6.07) is 1.63. The van der Waals surface area contributed by atoms with Gasteiger partial charge in [0, 0.05) is 26.2 Å². The van der Waals surface area contributed by atoms with Crippen molar-refractivity contribution in [3.8, 4) is 5.88 Å². The maximum atomic E-state index is 12.2. The summed E-state index contributed by atoms with van der Waals surface area (Å²) < 4.78 is 12.0. The number of carbonyl (C=O) groups excluding carboxylic acids is 1. The first-order valence-corrected chi connectivity index (χ1v) is 6.24. The SMILES string of the molecule is COc1cc(C(=O)N2CCOC(CCl)C2)nn1C. The van der Waals surface area contributed by atoms with Crippen molar-refractivity contribution in [1.29, 1.82) is 0 Å². The van der Waals surface area contributed by atoms with Crippen LogP contribution in [0.3, 0.4) is 0 Å². The lowest BCUT2D eigenvalue weighted by Gasteiger charge is -2.31. The van der Waals surface area contributed by atoms with E-state index in [1.54, 1.807) is 25.1 Å². The van der Waals surface area contributed by atoms with Crippen molar-refractivity contribution in [2.45, 2.75) is 6.10 Å². The number of nitrogens with zero attached hydrogens (tertiary/aromatic N) is 3. The van der Waals surface area contributed by atoms with E-state index in [1.165, 1.54) is 4.68 Å². The number of amides is 1. The van der Waals surface area contributed by atoms with Gasteiger partial charge in [0.2, 0.25) is 5.88 Å². The van der Waals surface area contributed by atoms with Crippen molar-refractivity contribution in [3.05, 3.63) is 11.8 Å². The van der Waals surface area contributed by atoms with Crippen molar-refractivity contribution < 1.29 is 14.3 Å². The number of rotatable bonds is 3. The average molecular weight is 274 g/mol. The van der Waals surface area contributed by atoms with Crippen LogP contribution in [0.25, 0.3) is 0 Å². The third-order valence-corrected chi connectivity index (χ3v) is 3.21. The summed E-state index contributed by atoms with van der Waals surface area (Å²) in [6.45, 7) is 1.57. The summed E-state index contributed by atoms with van der Waals surface area (Å²) in [6.07, 6.45) is -0.102. The van der Waals surface area contributed by atoms with Crippen LogP contribution in [0, 0.1) is 0 Å². The summed E-state index contributed by atoms with van der Waals surface area (Å²) in [4.78, 5) is 13.9. The predicted molar refractivity (Wildman–Crippen MR) is 66.1 cm³/mol. The minimum absolute atomic E-state index is 0.102. The number of hydrogen-bond acceptors (Lipinski definition) is 4. The molecule has 0 saturated carbocycles. The molecule has 1 fully saturated rings. The lowest BCUT2D eigenvalue weighted by atomic mass is 10.2. The van der Waals surface area contributed by atoms with Crippen LogP contribution >= 0.6 is 11.6 Å². The number of hydrogen-bond donors (Lipinski definition) is 0. The second-order valence-electron chi connectivity index (χ2n) is 4.09. The molecule has 1 unspecified atom stereocenters. The number of aryl methyl sites for hydroxylation is 1. The molecule has 0 radical (unpaired) electrons. The van der Waals surface area contributed by atoms with E-state index in [1.807, 2.05) is 0 Å². The highest BCUT2D eigenvalue weighted by molar-refractivity contribution is 6.18. The van der Waals surface area contributed by atoms with E-state index in [9.17, 15) is 4.79 Å². The van der Waals surface area contributed by atoms with E-state index < -0.39 is 0 Å². The molecule has 2 heterocycles. The van der Waals surface area contributed by atoms with Crippen LogP contribution < -0.4 is 4.74 Å². The van der Waals surface area contributed by atoms with E-state index in [2.05, 4.69) is 5.10 Å². The van der Waals surface area contributed by atoms with Gasteiger partial charge in [-0.1, -0.05) is 0 Å². The minimum Gasteiger partial charge on any atom is -0.481 e. The molecule has 2 rings (SSSR count). The van der Waals surface area contributed by atoms with Crippen LogP contribution in [0.15, 0.2) is 6.07 Å². The third-order valence-electron chi connectivity index (χ3n) is 2.86. The zero-order chi connectivity index (χ0) is 13.1. The van der Waals surface area contributed by atoms with Gasteiger partial charge < -0.3 is 14.4 Å². The fourth-order valence-electron chi connectivity index (χ4n) is 1.90. The highest BCUT2D eigenvalue weighted by Crippen LogP contribution is 2.15. The largest absolute Gasteiger partial charge is 0.481 e. The Bertz CT molecular complexity index is 435. The first-order chi connectivity index (χ1) is 8.65. The molecular formula is C11H16ClN3O3. The Labute approximate surface area is 110 Å². The van der Waals surface area contributed by atoms with Crippen LogP contribution in [-0.2, 0) is 11.8 Å². The third kappa shape index (κ3) is 2.59. The summed E-state index contributed by atoms with van der Waals surface area (Å²) in [7, 11) is 3.28. The van der Waals surface area contributed by atoms with E-state index in [4.69, 9.17) is 21.1 Å². The number of alkyl halides is 1. The monoisotopic (exact) mass is 273 g/mol. The Morgan fingerprint density at radius 1 is 1.72 bits per heavy atom. The molecule has 0 spiro atoms. The Morgan fingerprint density at radius 2 is 2.50 bits per heavy atom. The van der Waals surface area contributed by atoms with Crippen molar-refractivity contribution in [2.75, 3.05) is 32.7 Å². The smallest absolute Gasteiger partial charge is 0.274 e. The number of ether oxygens (including phenoxy) is 2. The molecule has 1 aliphatic rings. The van der Waals surface area contributed by atoms with E-state index in [0.717, 1.165) is 0 Å². The topological polar surface area (TPSA) is 56.6 Å². The van der Waals surface area contributed by atoms with Crippen molar-refractivity contribution >= 4 is 17.5 Å². The van der Waals surface area contributed by atoms with Crippen LogP contribution in [0.5, 0.6) is 5.88 Å². The molecule has 1 amide bonds. The summed E-state index contributed by atoms with van der Waals surface area (Å²) in [5.41, 5.74) is 0.379. The molecular weight excluding hydrogens is 258 g/mol. The molecule has 0 aromatic carbocycles. The number of halogens is 1. The molecule has 100 valence electrons. The molecule has 6 nitrogen and oxygen atoms in total. The zero-order valence-electron chi connectivity index (χ0n) is 10.4. The number of morpholine rings is 1. The first-order valence-electron chi connectivity index (χ1n) is 5.70. The van der Waals surface area contributed by atoms with Crippen LogP contribution in [-0.4, -0.2) is 59.4 Å². The molecule has 1 atom stereocenters. The van der Waals surface area contributed by atoms with Gasteiger partial charge >= 0.3 is 0 Å². The van der Waals surface area contributed by atoms with Crippen LogP contribution in [0.1, 0.15) is 10.5 Å². The fraction of sp³-hybridized carbons (Fsp3) is 0.636. The van der Waals surface area contributed by atoms with E-state index in [0.29, 0.717) is 37.2 Å². The molecule has 1 saturated heterocycles. The zero-order valence-corrected chi connectivity index (χ0v) is 11.2. The van der Waals surface area contributed by atoms with Gasteiger partial charge in [0.25, 0.3) is 5.91 Å². The molecule has 0 aliphatic carbocycles. The number of carbonyl (C=O) groups is 1. The van der Waals surface area contributed by atoms with E-state index >= 15 is 0 Å². The quantitative estimate of drug-likeness (QED) is 0.753. The Hall–Kier alpha value is -1.27. The molecule has 0 N–H and O–H groups in total. The molecule has 7 heteroatoms. The van der Waals surface area contributed by atoms with Crippen molar-refractivity contribution in [3.63, 3.8) is 0 Å². The predicted octanol–water partition coefficient (Wildman–Crippen LogP) is 0.508. The second-order valence-corrected chi connectivity index (χ2v) is 4.40. The van der Waals surface area contributed by atoms with Gasteiger partial charge in [0.1, 0.15) is 0 Å². The Morgan fingerprint density at radius 3 is 3.11 bits per heavy atom. The molecule has 1 aliphatic heterocycles. The minimum atomic E-state index is -0.118. The highest BCUT2D eigenvalue weighted by Gasteiger charge is 2.26. The fourth-order valence-corrected chi connectivity index (χ4v) is 2.09. The van der Waals surface area contributed by atoms with Gasteiger partial charge in [-0.3, -0.25) is 4.79 Å². The lowest BCUT2D eigenvalue weighted by Crippen LogP contribution is -2.46. The lowest BCUT2D eigenvalue weighted by molar-refractivity contribution is -0.0110. The summed E-state index contributed by atoms with van der Waals surface area (Å²) in [5, 5.41) is 4.13. The number of methoxy groups -OCH3 is 1. The number of aromatic nitrogens is 2. The molecule has 18 heavy (non-hydrogen) atoms. The van der Waals surface area contributed by atoms with E-state index in [-0.39, 0.29) is 12.0 Å². The van der Waals surface area contributed by atoms with Gasteiger partial charge in [-0.05, 0) is 0 Å². The Balaban J connectivity index is 2.10. The Kier molecular flexibility index (Phi) is 4.08. The normalized spacial score (nSPS) is 19.9. The van der Waals surface area contributed by atoms with Crippen LogP contribution in [0.2, 0.25) is 0 Å². The van der Waals surface area contributed by atoms with Gasteiger partial charge in [-0.2, -0.15) is 5.10 Å². The second kappa shape index (κ2) is 5.58. The van der Waals surface area contributed by atoms with Crippen LogP contribution in [0.4, 0.5) is 0 Å². The standard InChI is InChI=1S/C11H16ClN3O3/c1-14-10(17-2)5-9(13-14)11(16)15-3-4-18-8(6-12)7-15/h5,8H,3-4,6-7H2,1-2H3. The maximum Gasteiger partial charge on any atom is 0.274 e.